The van der Waals surface area contributed by atoms with Gasteiger partial charge in [0.2, 0.25) is 6.29 Å². The van der Waals surface area contributed by atoms with Gasteiger partial charge in [-0.25, -0.2) is 9.59 Å². The normalized spacial score (nSPS) is 12.6. The maximum atomic E-state index is 10.9. The highest BCUT2D eigenvalue weighted by Gasteiger charge is 2.08. The van der Waals surface area contributed by atoms with E-state index < -0.39 is 18.2 Å². The molecule has 0 saturated heterocycles. The van der Waals surface area contributed by atoms with Crippen LogP contribution in [0.5, 0.6) is 0 Å². The molecule has 1 unspecified atom stereocenters. The summed E-state index contributed by atoms with van der Waals surface area (Å²) in [6.07, 6.45) is 2.41. The van der Waals surface area contributed by atoms with E-state index in [1.165, 1.54) is 0 Å². The van der Waals surface area contributed by atoms with Crippen LogP contribution in [0.3, 0.4) is 0 Å². The molecule has 6 heteroatoms. The van der Waals surface area contributed by atoms with Gasteiger partial charge in [-0.15, -0.1) is 0 Å². The van der Waals surface area contributed by atoms with Crippen LogP contribution in [0.25, 0.3) is 0 Å². The Balaban J connectivity index is 3.65. The number of carbonyl (C=O) groups excluding carboxylic acids is 1. The summed E-state index contributed by atoms with van der Waals surface area (Å²) in [7, 11) is 0. The number of carboxylic acid groups (broad SMARTS) is 1. The van der Waals surface area contributed by atoms with Crippen LogP contribution in [0.1, 0.15) is 25.7 Å². The molecule has 0 rings (SSSR count). The Morgan fingerprint density at radius 3 is 2.44 bits per heavy atom. The van der Waals surface area contributed by atoms with Crippen molar-refractivity contribution in [3.8, 4) is 0 Å². The molecule has 0 aliphatic carbocycles. The number of aliphatic carboxylic acids is 1. The lowest BCUT2D eigenvalue weighted by Gasteiger charge is -2.09. The molecule has 1 atom stereocenters. The molecule has 0 radical (unpaired) electrons. The van der Waals surface area contributed by atoms with Gasteiger partial charge in [-0.3, -0.25) is 0 Å². The lowest BCUT2D eigenvalue weighted by atomic mass is 10.2. The van der Waals surface area contributed by atoms with E-state index >= 15 is 0 Å². The molecular weight excluding hydrogens is 216 g/mol. The smallest absolute Gasteiger partial charge is 0.333 e. The summed E-state index contributed by atoms with van der Waals surface area (Å²) < 4.78 is 4.48. The third-order valence-electron chi connectivity index (χ3n) is 1.72. The SMILES string of the molecule is O=C(O)/C=C/C(=O)OC(O)CCCCCO. The van der Waals surface area contributed by atoms with E-state index in [1.807, 2.05) is 0 Å². The first-order chi connectivity index (χ1) is 7.56. The molecule has 92 valence electrons. The number of hydrogen-bond donors (Lipinski definition) is 3. The van der Waals surface area contributed by atoms with E-state index in [-0.39, 0.29) is 13.0 Å². The number of aliphatic hydroxyl groups is 2. The Labute approximate surface area is 93.2 Å². The van der Waals surface area contributed by atoms with Crippen molar-refractivity contribution in [3.63, 3.8) is 0 Å². The summed E-state index contributed by atoms with van der Waals surface area (Å²) in [5, 5.41) is 25.9. The number of hydrogen-bond acceptors (Lipinski definition) is 5. The van der Waals surface area contributed by atoms with Gasteiger partial charge in [-0.1, -0.05) is 6.42 Å². The van der Waals surface area contributed by atoms with Crippen molar-refractivity contribution in [1.29, 1.82) is 0 Å². The van der Waals surface area contributed by atoms with Gasteiger partial charge in [0.05, 0.1) is 0 Å². The first kappa shape index (κ1) is 14.6. The van der Waals surface area contributed by atoms with Crippen LogP contribution < -0.4 is 0 Å². The maximum absolute atomic E-state index is 10.9. The van der Waals surface area contributed by atoms with Crippen LogP contribution >= 0.6 is 0 Å². The zero-order valence-electron chi connectivity index (χ0n) is 8.83. The van der Waals surface area contributed by atoms with E-state index in [0.717, 1.165) is 12.5 Å². The predicted molar refractivity (Wildman–Crippen MR) is 54.4 cm³/mol. The minimum absolute atomic E-state index is 0.0945. The molecular formula is C10H16O6. The Hall–Kier alpha value is -1.40. The third-order valence-corrected chi connectivity index (χ3v) is 1.72. The van der Waals surface area contributed by atoms with Gasteiger partial charge in [-0.05, 0) is 12.8 Å². The molecule has 3 N–H and O–H groups in total. The first-order valence-corrected chi connectivity index (χ1v) is 4.97. The number of aliphatic hydroxyl groups excluding tert-OH is 2. The quantitative estimate of drug-likeness (QED) is 0.236. The molecule has 0 fully saturated rings. The molecule has 6 nitrogen and oxygen atoms in total. The van der Waals surface area contributed by atoms with E-state index in [9.17, 15) is 14.7 Å². The highest BCUT2D eigenvalue weighted by molar-refractivity contribution is 5.90. The Morgan fingerprint density at radius 2 is 1.88 bits per heavy atom. The van der Waals surface area contributed by atoms with Gasteiger partial charge in [0.1, 0.15) is 0 Å². The summed E-state index contributed by atoms with van der Waals surface area (Å²) in [5.74, 6) is -2.15. The standard InChI is InChI=1S/C10H16O6/c11-7-3-1-2-4-9(14)16-10(15)6-5-8(12)13/h5-6,9,11,14H,1-4,7H2,(H,12,13)/b6-5+. The molecule has 0 heterocycles. The van der Waals surface area contributed by atoms with Crippen LogP contribution in [0.2, 0.25) is 0 Å². The zero-order valence-corrected chi connectivity index (χ0v) is 8.83. The maximum Gasteiger partial charge on any atom is 0.333 e. The molecule has 0 aromatic rings. The van der Waals surface area contributed by atoms with E-state index in [0.29, 0.717) is 18.9 Å². The van der Waals surface area contributed by atoms with Crippen LogP contribution in [0.15, 0.2) is 12.2 Å². The first-order valence-electron chi connectivity index (χ1n) is 4.97. The highest BCUT2D eigenvalue weighted by Crippen LogP contribution is 2.04. The number of ether oxygens (including phenoxy) is 1. The average molecular weight is 232 g/mol. The fourth-order valence-electron chi connectivity index (χ4n) is 0.979. The monoisotopic (exact) mass is 232 g/mol. The van der Waals surface area contributed by atoms with Crippen molar-refractivity contribution >= 4 is 11.9 Å². The van der Waals surface area contributed by atoms with Crippen molar-refractivity contribution in [2.45, 2.75) is 32.0 Å². The fourth-order valence-corrected chi connectivity index (χ4v) is 0.979. The van der Waals surface area contributed by atoms with Crippen molar-refractivity contribution < 1.29 is 29.6 Å². The second kappa shape index (κ2) is 8.87. The summed E-state index contributed by atoms with van der Waals surface area (Å²) in [6, 6.07) is 0. The van der Waals surface area contributed by atoms with Gasteiger partial charge < -0.3 is 20.1 Å². The second-order valence-electron chi connectivity index (χ2n) is 3.14. The molecule has 0 spiro atoms. The van der Waals surface area contributed by atoms with Crippen molar-refractivity contribution in [3.05, 3.63) is 12.2 Å². The molecule has 0 saturated carbocycles. The largest absolute Gasteiger partial charge is 0.478 e. The lowest BCUT2D eigenvalue weighted by Crippen LogP contribution is -2.16. The van der Waals surface area contributed by atoms with Gasteiger partial charge in [0, 0.05) is 25.2 Å². The Kier molecular flexibility index (Phi) is 8.10. The fraction of sp³-hybridized carbons (Fsp3) is 0.600. The average Bonchev–Trinajstić information content (AvgIpc) is 2.21. The highest BCUT2D eigenvalue weighted by atomic mass is 16.6. The van der Waals surface area contributed by atoms with E-state index in [4.69, 9.17) is 10.2 Å². The summed E-state index contributed by atoms with van der Waals surface area (Å²) in [5.41, 5.74) is 0. The van der Waals surface area contributed by atoms with Crippen molar-refractivity contribution in [2.75, 3.05) is 6.61 Å². The molecule has 0 aliphatic rings. The Morgan fingerprint density at radius 1 is 1.19 bits per heavy atom. The number of carboxylic acids is 1. The van der Waals surface area contributed by atoms with Gasteiger partial charge in [0.25, 0.3) is 0 Å². The van der Waals surface area contributed by atoms with Crippen molar-refractivity contribution in [2.24, 2.45) is 0 Å². The summed E-state index contributed by atoms with van der Waals surface area (Å²) in [6.45, 7) is 0.0945. The summed E-state index contributed by atoms with van der Waals surface area (Å²) in [4.78, 5) is 20.9. The second-order valence-corrected chi connectivity index (χ2v) is 3.14. The number of unbranched alkanes of at least 4 members (excludes halogenated alkanes) is 2. The Bertz CT molecular complexity index is 248. The van der Waals surface area contributed by atoms with Crippen LogP contribution in [0, 0.1) is 0 Å². The topological polar surface area (TPSA) is 104 Å². The molecule has 0 aromatic carbocycles. The molecule has 0 amide bonds. The number of esters is 1. The molecule has 0 bridgehead atoms. The number of carbonyl (C=O) groups is 2. The van der Waals surface area contributed by atoms with Gasteiger partial charge >= 0.3 is 11.9 Å². The van der Waals surface area contributed by atoms with E-state index in [2.05, 4.69) is 4.74 Å². The van der Waals surface area contributed by atoms with Crippen molar-refractivity contribution in [1.82, 2.24) is 0 Å². The van der Waals surface area contributed by atoms with Gasteiger partial charge in [0.15, 0.2) is 0 Å². The lowest BCUT2D eigenvalue weighted by molar-refractivity contribution is -0.162. The zero-order chi connectivity index (χ0) is 12.4. The molecule has 16 heavy (non-hydrogen) atoms. The molecule has 0 aliphatic heterocycles. The predicted octanol–water partition coefficient (Wildman–Crippen LogP) is 0.0415. The minimum Gasteiger partial charge on any atom is -0.478 e. The van der Waals surface area contributed by atoms with Crippen LogP contribution in [0.4, 0.5) is 0 Å². The summed E-state index contributed by atoms with van der Waals surface area (Å²) >= 11 is 0. The molecule has 0 aromatic heterocycles. The minimum atomic E-state index is -1.26. The van der Waals surface area contributed by atoms with Gasteiger partial charge in [-0.2, -0.15) is 0 Å². The third kappa shape index (κ3) is 9.17. The number of rotatable bonds is 8. The van der Waals surface area contributed by atoms with Crippen LogP contribution in [-0.4, -0.2) is 40.2 Å². The van der Waals surface area contributed by atoms with Crippen LogP contribution in [-0.2, 0) is 14.3 Å². The van der Waals surface area contributed by atoms with E-state index in [1.54, 1.807) is 0 Å².